The maximum atomic E-state index is 12.1. The number of rotatable bonds is 10. The highest BCUT2D eigenvalue weighted by molar-refractivity contribution is 5.92. The molecule has 4 atom stereocenters. The summed E-state index contributed by atoms with van der Waals surface area (Å²) < 4.78 is 10.2. The van der Waals surface area contributed by atoms with Crippen molar-refractivity contribution in [2.45, 2.75) is 51.0 Å². The molecule has 2 heterocycles. The topological polar surface area (TPSA) is 208 Å². The third-order valence-electron chi connectivity index (χ3n) is 7.94. The van der Waals surface area contributed by atoms with E-state index in [4.69, 9.17) is 19.7 Å². The first-order valence-electron chi connectivity index (χ1n) is 13.6. The number of carboxylic acids is 4. The molecular weight excluding hydrogens is 580 g/mol. The predicted octanol–water partition coefficient (Wildman–Crippen LogP) is 3.15. The first kappa shape index (κ1) is 33.4. The molecule has 0 saturated carbocycles. The second-order valence-corrected chi connectivity index (χ2v) is 10.7. The Labute approximate surface area is 252 Å². The molecule has 2 aromatic carbocycles. The Morgan fingerprint density at radius 2 is 0.955 bits per heavy atom. The van der Waals surface area contributed by atoms with Gasteiger partial charge in [0, 0.05) is 24.9 Å². The highest BCUT2D eigenvalue weighted by Gasteiger charge is 2.62. The van der Waals surface area contributed by atoms with Gasteiger partial charge in [0.15, 0.2) is 11.1 Å². The fraction of sp³-hybridized carbons (Fsp3) is 0.400. The molecule has 14 nitrogen and oxygen atoms in total. The van der Waals surface area contributed by atoms with Crippen LogP contribution in [0, 0.1) is 11.8 Å². The summed E-state index contributed by atoms with van der Waals surface area (Å²) in [5.74, 6) is -6.10. The molecule has 0 aromatic heterocycles. The minimum absolute atomic E-state index is 0.00727. The first-order valence-corrected chi connectivity index (χ1v) is 13.6. The molecule has 2 fully saturated rings. The second-order valence-electron chi connectivity index (χ2n) is 10.7. The van der Waals surface area contributed by atoms with Gasteiger partial charge in [0.2, 0.25) is 0 Å². The Morgan fingerprint density at radius 1 is 0.636 bits per heavy atom. The van der Waals surface area contributed by atoms with Gasteiger partial charge in [-0.1, -0.05) is 74.5 Å². The molecule has 2 saturated heterocycles. The Kier molecular flexibility index (Phi) is 10.5. The van der Waals surface area contributed by atoms with Crippen molar-refractivity contribution < 1.29 is 58.7 Å². The van der Waals surface area contributed by atoms with E-state index >= 15 is 0 Å². The van der Waals surface area contributed by atoms with Crippen LogP contribution >= 0.6 is 0 Å². The van der Waals surface area contributed by atoms with E-state index in [1.54, 1.807) is 62.4 Å². The largest absolute Gasteiger partial charge is 0.481 e. The molecular formula is C30H34N2O12. The van der Waals surface area contributed by atoms with Crippen molar-refractivity contribution in [2.24, 2.45) is 11.8 Å². The zero-order valence-electron chi connectivity index (χ0n) is 24.1. The minimum atomic E-state index is -1.74. The van der Waals surface area contributed by atoms with Crippen molar-refractivity contribution in [1.82, 2.24) is 9.80 Å². The Morgan fingerprint density at radius 3 is 1.20 bits per heavy atom. The molecule has 236 valence electrons. The number of nitrogens with zero attached hydrogens (tertiary/aromatic N) is 2. The average Bonchev–Trinajstić information content (AvgIpc) is 2.98. The lowest BCUT2D eigenvalue weighted by atomic mass is 9.73. The molecule has 2 aromatic rings. The zero-order valence-corrected chi connectivity index (χ0v) is 24.1. The first-order chi connectivity index (χ1) is 20.7. The number of carbonyl (C=O) groups excluding carboxylic acids is 2. The van der Waals surface area contributed by atoms with Gasteiger partial charge in [-0.05, 0) is 11.1 Å². The van der Waals surface area contributed by atoms with E-state index in [9.17, 15) is 39.0 Å². The maximum absolute atomic E-state index is 12.1. The van der Waals surface area contributed by atoms with Gasteiger partial charge in [0.25, 0.3) is 0 Å². The van der Waals surface area contributed by atoms with E-state index in [1.165, 1.54) is 0 Å². The molecule has 4 rings (SSSR count). The predicted molar refractivity (Wildman–Crippen MR) is 150 cm³/mol. The van der Waals surface area contributed by atoms with Gasteiger partial charge >= 0.3 is 36.1 Å². The number of amides is 2. The Balaban J connectivity index is 0.000000240. The average molecular weight is 615 g/mol. The van der Waals surface area contributed by atoms with E-state index in [0.717, 1.165) is 20.9 Å². The molecule has 0 unspecified atom stereocenters. The van der Waals surface area contributed by atoms with Gasteiger partial charge in [-0.15, -0.1) is 0 Å². The van der Waals surface area contributed by atoms with Gasteiger partial charge in [-0.25, -0.2) is 19.2 Å². The van der Waals surface area contributed by atoms with Gasteiger partial charge in [-0.3, -0.25) is 19.4 Å². The third kappa shape index (κ3) is 6.90. The normalized spacial score (nSPS) is 23.5. The van der Waals surface area contributed by atoms with E-state index < -0.39 is 71.8 Å². The van der Waals surface area contributed by atoms with Crippen LogP contribution in [0.2, 0.25) is 0 Å². The molecule has 2 aliphatic heterocycles. The summed E-state index contributed by atoms with van der Waals surface area (Å²) in [6.07, 6.45) is -2.93. The van der Waals surface area contributed by atoms with E-state index in [-0.39, 0.29) is 26.3 Å². The summed E-state index contributed by atoms with van der Waals surface area (Å²) >= 11 is 0. The fourth-order valence-corrected chi connectivity index (χ4v) is 5.36. The lowest BCUT2D eigenvalue weighted by Gasteiger charge is -2.52. The molecule has 2 amide bonds. The molecule has 14 heteroatoms. The fourth-order valence-electron chi connectivity index (χ4n) is 5.36. The van der Waals surface area contributed by atoms with Crippen molar-refractivity contribution in [3.05, 3.63) is 71.8 Å². The molecule has 0 spiro atoms. The third-order valence-corrected chi connectivity index (χ3v) is 7.94. The van der Waals surface area contributed by atoms with E-state index in [1.807, 2.05) is 12.1 Å². The molecule has 0 aliphatic carbocycles. The number of hydrogen-bond donors (Lipinski definition) is 4. The molecule has 0 radical (unpaired) electrons. The smallest absolute Gasteiger partial charge is 0.411 e. The van der Waals surface area contributed by atoms with Gasteiger partial charge in [0.05, 0.1) is 12.8 Å². The number of carbonyl (C=O) groups is 6. The molecule has 44 heavy (non-hydrogen) atoms. The van der Waals surface area contributed by atoms with Crippen LogP contribution in [0.4, 0.5) is 9.59 Å². The summed E-state index contributed by atoms with van der Waals surface area (Å²) in [6, 6.07) is 17.9. The van der Waals surface area contributed by atoms with Crippen molar-refractivity contribution in [1.29, 1.82) is 0 Å². The van der Waals surface area contributed by atoms with Gasteiger partial charge in [-0.2, -0.15) is 0 Å². The SMILES string of the molecule is C[C@@H]1CN(C(=O)OCc2ccccc2)[C@]1(CC(=O)O)C(=O)O.C[C@H]1CN(C(=O)OCc2ccccc2)[C@@]1(CC(=O)O)C(=O)O. The summed E-state index contributed by atoms with van der Waals surface area (Å²) in [4.78, 5) is 71.1. The lowest BCUT2D eigenvalue weighted by Crippen LogP contribution is -2.72. The van der Waals surface area contributed by atoms with Crippen LogP contribution in [-0.4, -0.2) is 90.5 Å². The van der Waals surface area contributed by atoms with Crippen molar-refractivity contribution in [3.8, 4) is 0 Å². The van der Waals surface area contributed by atoms with Crippen LogP contribution in [0.1, 0.15) is 37.8 Å². The zero-order chi connectivity index (χ0) is 32.7. The maximum Gasteiger partial charge on any atom is 0.411 e. The molecule has 2 aliphatic rings. The van der Waals surface area contributed by atoms with Crippen LogP contribution in [0.15, 0.2) is 60.7 Å². The molecule has 0 bridgehead atoms. The van der Waals surface area contributed by atoms with Crippen LogP contribution in [0.3, 0.4) is 0 Å². The number of hydrogen-bond acceptors (Lipinski definition) is 8. The molecule has 4 N–H and O–H groups in total. The van der Waals surface area contributed by atoms with Crippen LogP contribution in [0.25, 0.3) is 0 Å². The van der Waals surface area contributed by atoms with Crippen LogP contribution in [0.5, 0.6) is 0 Å². The second kappa shape index (κ2) is 13.9. The van der Waals surface area contributed by atoms with Gasteiger partial charge < -0.3 is 29.9 Å². The number of carboxylic acid groups (broad SMARTS) is 4. The standard InChI is InChI=1S/2C15H17NO6/c2*1-10-8-16(15(10,13(19)20)7-12(17)18)14(21)22-9-11-5-3-2-4-6-11/h2*2-6,10H,7-9H2,1H3,(H,17,18)(H,19,20)/t2*10-,15+/m10/s1. The van der Waals surface area contributed by atoms with Crippen molar-refractivity contribution >= 4 is 36.1 Å². The quantitative estimate of drug-likeness (QED) is 0.304. The highest BCUT2D eigenvalue weighted by atomic mass is 16.6. The summed E-state index contributed by atoms with van der Waals surface area (Å²) in [7, 11) is 0. The van der Waals surface area contributed by atoms with Crippen molar-refractivity contribution in [3.63, 3.8) is 0 Å². The van der Waals surface area contributed by atoms with Crippen molar-refractivity contribution in [2.75, 3.05) is 13.1 Å². The number of ether oxygens (including phenoxy) is 2. The van der Waals surface area contributed by atoms with E-state index in [2.05, 4.69) is 0 Å². The summed E-state index contributed by atoms with van der Waals surface area (Å²) in [5.41, 5.74) is -1.94. The monoisotopic (exact) mass is 614 g/mol. The van der Waals surface area contributed by atoms with E-state index in [0.29, 0.717) is 0 Å². The minimum Gasteiger partial charge on any atom is -0.481 e. The summed E-state index contributed by atoms with van der Waals surface area (Å²) in [5, 5.41) is 36.7. The van der Waals surface area contributed by atoms with Crippen LogP contribution < -0.4 is 0 Å². The van der Waals surface area contributed by atoms with Gasteiger partial charge in [0.1, 0.15) is 13.2 Å². The highest BCUT2D eigenvalue weighted by Crippen LogP contribution is 2.41. The van der Waals surface area contributed by atoms with Crippen LogP contribution in [-0.2, 0) is 41.9 Å². The number of benzene rings is 2. The lowest BCUT2D eigenvalue weighted by molar-refractivity contribution is -0.174. The number of aliphatic carboxylic acids is 4. The Bertz CT molecular complexity index is 1280. The Hall–Kier alpha value is -5.14. The number of likely N-dealkylation sites (tertiary alicyclic amines) is 2. The summed E-state index contributed by atoms with van der Waals surface area (Å²) in [6.45, 7) is 3.55.